The van der Waals surface area contributed by atoms with Crippen LogP contribution in [0.4, 0.5) is 11.4 Å². The second-order valence-electron chi connectivity index (χ2n) is 9.32. The van der Waals surface area contributed by atoms with Gasteiger partial charge in [-0.25, -0.2) is 8.42 Å². The van der Waals surface area contributed by atoms with Gasteiger partial charge >= 0.3 is 0 Å². The van der Waals surface area contributed by atoms with Crippen molar-refractivity contribution in [3.8, 4) is 0 Å². The zero-order valence-electron chi connectivity index (χ0n) is 22.8. The first-order valence-corrected chi connectivity index (χ1v) is 15.5. The van der Waals surface area contributed by atoms with Crippen molar-refractivity contribution in [2.45, 2.75) is 51.0 Å². The first-order chi connectivity index (χ1) is 18.6. The van der Waals surface area contributed by atoms with Gasteiger partial charge in [0.2, 0.25) is 5.91 Å². The molecule has 0 bridgehead atoms. The fraction of sp³-hybridized carbons (Fsp3) is 0.462. The molecule has 1 heterocycles. The van der Waals surface area contributed by atoms with Gasteiger partial charge in [-0.2, -0.15) is 0 Å². The van der Waals surface area contributed by atoms with E-state index >= 15 is 0 Å². The third kappa shape index (κ3) is 7.80. The summed E-state index contributed by atoms with van der Waals surface area (Å²) in [5.41, 5.74) is 0.916. The molecular formula is C26H31ClN2O9S2. The second kappa shape index (κ2) is 14.1. The number of amides is 1. The smallest absolute Gasteiger partial charge is 0.281 e. The van der Waals surface area contributed by atoms with E-state index in [0.29, 0.717) is 13.0 Å². The summed E-state index contributed by atoms with van der Waals surface area (Å²) in [5.74, 6) is -3.71. The van der Waals surface area contributed by atoms with Crippen LogP contribution in [0.5, 0.6) is 0 Å². The minimum absolute atomic E-state index is 0.0111. The van der Waals surface area contributed by atoms with E-state index in [-0.39, 0.29) is 35.6 Å². The highest BCUT2D eigenvalue weighted by Crippen LogP contribution is 2.32. The van der Waals surface area contributed by atoms with Gasteiger partial charge in [0.15, 0.2) is 27.2 Å². The molecule has 1 amide bonds. The summed E-state index contributed by atoms with van der Waals surface area (Å²) in [5, 5.41) is 13.2. The van der Waals surface area contributed by atoms with Gasteiger partial charge < -0.3 is 9.64 Å². The quantitative estimate of drug-likeness (QED) is 0.133. The number of ether oxygens (including phenoxy) is 1. The van der Waals surface area contributed by atoms with Crippen LogP contribution in [0.1, 0.15) is 47.0 Å². The van der Waals surface area contributed by atoms with Crippen LogP contribution in [-0.4, -0.2) is 68.5 Å². The van der Waals surface area contributed by atoms with Crippen LogP contribution in [0.2, 0.25) is 0 Å². The van der Waals surface area contributed by atoms with Gasteiger partial charge in [0.05, 0.1) is 33.7 Å². The fourth-order valence-corrected chi connectivity index (χ4v) is 5.96. The lowest BCUT2D eigenvalue weighted by Gasteiger charge is -2.29. The van der Waals surface area contributed by atoms with Crippen LogP contribution in [0.3, 0.4) is 0 Å². The number of halogens is 1. The molecule has 1 fully saturated rings. The molecule has 40 heavy (non-hydrogen) atoms. The van der Waals surface area contributed by atoms with Gasteiger partial charge in [0.1, 0.15) is 11.8 Å². The van der Waals surface area contributed by atoms with Crippen molar-refractivity contribution in [2.24, 2.45) is 5.92 Å². The normalized spacial score (nSPS) is 14.8. The maximum atomic E-state index is 12.4. The number of thiophene rings is 1. The molecule has 3 rings (SSSR count). The number of methoxy groups -OCH3 is 1. The number of hydrogen-bond acceptors (Lipinski definition) is 10. The summed E-state index contributed by atoms with van der Waals surface area (Å²) in [6.07, 6.45) is 1.37. The van der Waals surface area contributed by atoms with Crippen LogP contribution in [0, 0.1) is 29.9 Å². The largest absolute Gasteiger partial charge is 0.383 e. The molecule has 0 saturated heterocycles. The molecule has 1 atom stereocenters. The van der Waals surface area contributed by atoms with Crippen molar-refractivity contribution in [1.29, 1.82) is 0 Å². The van der Waals surface area contributed by atoms with Crippen LogP contribution in [-0.2, 0) is 29.0 Å². The van der Waals surface area contributed by atoms with E-state index in [2.05, 4.69) is 5.38 Å². The Hall–Kier alpha value is -3.00. The number of nitrogens with zero attached hydrogens (tertiary/aromatic N) is 2. The minimum atomic E-state index is -3.70. The van der Waals surface area contributed by atoms with Gasteiger partial charge in [-0.1, -0.05) is 0 Å². The lowest BCUT2D eigenvalue weighted by Crippen LogP contribution is -2.42. The third-order valence-corrected chi connectivity index (χ3v) is 8.56. The summed E-state index contributed by atoms with van der Waals surface area (Å²) < 4.78 is 28.1. The van der Waals surface area contributed by atoms with Gasteiger partial charge in [-0.15, -0.1) is 22.9 Å². The number of aryl methyl sites for hydroxylation is 2. The molecule has 218 valence electrons. The van der Waals surface area contributed by atoms with Crippen molar-refractivity contribution < 1.29 is 37.3 Å². The number of Topliss-reactive ketones (excluding diaryl/α,β-unsaturated/α-hetero) is 3. The Bertz CT molecular complexity index is 1380. The molecule has 1 aliphatic carbocycles. The van der Waals surface area contributed by atoms with Crippen LogP contribution in [0.15, 0.2) is 28.5 Å². The Balaban J connectivity index is 0.000000294. The lowest BCUT2D eigenvalue weighted by molar-refractivity contribution is -0.385. The Morgan fingerprint density at radius 3 is 2.27 bits per heavy atom. The zero-order chi connectivity index (χ0) is 30.4. The molecule has 1 saturated carbocycles. The Kier molecular flexibility index (Phi) is 11.7. The maximum absolute atomic E-state index is 12.4. The number of hydrogen-bond donors (Lipinski definition) is 0. The van der Waals surface area contributed by atoms with Crippen molar-refractivity contribution in [3.05, 3.63) is 49.7 Å². The van der Waals surface area contributed by atoms with E-state index in [1.165, 1.54) is 0 Å². The summed E-state index contributed by atoms with van der Waals surface area (Å²) in [7, 11) is -2.07. The molecule has 0 N–H and O–H groups in total. The fourth-order valence-electron chi connectivity index (χ4n) is 4.35. The molecule has 2 aromatic rings. The van der Waals surface area contributed by atoms with Crippen LogP contribution in [0.25, 0.3) is 0 Å². The van der Waals surface area contributed by atoms with Crippen LogP contribution >= 0.6 is 22.9 Å². The number of carbonyl (C=O) groups is 4. The standard InChI is InChI=1S/C14H13NO7S.C12H18ClNO2S/c1-23(21,22)8-5-6-9(10(7-8)15(19)20)14(18)13-11(16)3-2-4-12(13)17;1-8-7-17-10(3)12(8)14(11(15)5-13)9(2)6-16-4/h5-7,13H,2-4H2,1H3;7,9H,5-6H2,1-4H3. The monoisotopic (exact) mass is 614 g/mol. The highest BCUT2D eigenvalue weighted by molar-refractivity contribution is 7.90. The van der Waals surface area contributed by atoms with E-state index in [1.807, 2.05) is 20.8 Å². The van der Waals surface area contributed by atoms with E-state index in [1.54, 1.807) is 23.3 Å². The van der Waals surface area contributed by atoms with E-state index in [9.17, 15) is 37.7 Å². The lowest BCUT2D eigenvalue weighted by atomic mass is 9.81. The SMILES string of the molecule is COCC(C)N(C(=O)CCl)c1c(C)csc1C.CS(=O)(=O)c1ccc(C(=O)C2C(=O)CCCC2=O)c([N+](=O)[O-])c1. The summed E-state index contributed by atoms with van der Waals surface area (Å²) >= 11 is 7.33. The molecule has 0 spiro atoms. The number of benzene rings is 1. The first-order valence-electron chi connectivity index (χ1n) is 12.1. The summed E-state index contributed by atoms with van der Waals surface area (Å²) in [4.78, 5) is 60.8. The molecule has 1 aromatic heterocycles. The van der Waals surface area contributed by atoms with Crippen molar-refractivity contribution in [3.63, 3.8) is 0 Å². The average molecular weight is 615 g/mol. The third-order valence-electron chi connectivity index (χ3n) is 6.20. The van der Waals surface area contributed by atoms with Gasteiger partial charge in [-0.05, 0) is 50.3 Å². The van der Waals surface area contributed by atoms with Crippen molar-refractivity contribution in [2.75, 3.05) is 30.8 Å². The number of nitro groups is 1. The van der Waals surface area contributed by atoms with Gasteiger partial charge in [0.25, 0.3) is 5.69 Å². The number of anilines is 1. The number of rotatable bonds is 9. The zero-order valence-corrected chi connectivity index (χ0v) is 25.2. The first kappa shape index (κ1) is 33.2. The predicted molar refractivity (Wildman–Crippen MR) is 151 cm³/mol. The number of sulfone groups is 1. The number of carbonyl (C=O) groups excluding carboxylic acids is 4. The topological polar surface area (TPSA) is 158 Å². The summed E-state index contributed by atoms with van der Waals surface area (Å²) in [6, 6.07) is 2.78. The highest BCUT2D eigenvalue weighted by atomic mass is 35.5. The molecule has 1 unspecified atom stereocenters. The van der Waals surface area contributed by atoms with Gasteiger partial charge in [0, 0.05) is 37.2 Å². The highest BCUT2D eigenvalue weighted by Gasteiger charge is 2.39. The average Bonchev–Trinajstić information content (AvgIpc) is 3.21. The maximum Gasteiger partial charge on any atom is 0.281 e. The van der Waals surface area contributed by atoms with Crippen LogP contribution < -0.4 is 4.90 Å². The van der Waals surface area contributed by atoms with Crippen molar-refractivity contribution in [1.82, 2.24) is 0 Å². The van der Waals surface area contributed by atoms with E-state index < -0.39 is 49.3 Å². The molecule has 0 aliphatic heterocycles. The molecular weight excluding hydrogens is 584 g/mol. The molecule has 1 aromatic carbocycles. The number of nitro benzene ring substituents is 1. The Morgan fingerprint density at radius 2 is 1.82 bits per heavy atom. The predicted octanol–water partition coefficient (Wildman–Crippen LogP) is 4.09. The Labute approximate surface area is 241 Å². The summed E-state index contributed by atoms with van der Waals surface area (Å²) in [6.45, 7) is 6.48. The molecule has 0 radical (unpaired) electrons. The van der Waals surface area contributed by atoms with Crippen molar-refractivity contribution >= 4 is 67.4 Å². The Morgan fingerprint density at radius 1 is 1.23 bits per heavy atom. The second-order valence-corrected chi connectivity index (χ2v) is 12.7. The minimum Gasteiger partial charge on any atom is -0.383 e. The van der Waals surface area contributed by atoms with E-state index in [0.717, 1.165) is 40.6 Å². The molecule has 11 nitrogen and oxygen atoms in total. The van der Waals surface area contributed by atoms with Gasteiger partial charge in [-0.3, -0.25) is 29.3 Å². The molecule has 1 aliphatic rings. The van der Waals surface area contributed by atoms with E-state index in [4.69, 9.17) is 16.3 Å². The number of alkyl halides is 1. The molecule has 14 heteroatoms. The number of ketones is 3.